The molecule has 0 saturated carbocycles. The maximum absolute atomic E-state index is 6.47. The topological polar surface area (TPSA) is 38.2 Å². The molecule has 0 amide bonds. The summed E-state index contributed by atoms with van der Waals surface area (Å²) in [5, 5.41) is 4.19. The van der Waals surface area contributed by atoms with Gasteiger partial charge in [0.25, 0.3) is 0 Å². The largest absolute Gasteiger partial charge is 0.495 e. The van der Waals surface area contributed by atoms with Crippen LogP contribution in [0.2, 0.25) is 10.0 Å². The van der Waals surface area contributed by atoms with Gasteiger partial charge < -0.3 is 9.64 Å². The summed E-state index contributed by atoms with van der Waals surface area (Å²) in [5.74, 6) is 0.798. The number of fused-ring (bicyclic) bond motifs is 1. The maximum atomic E-state index is 6.47. The normalized spacial score (nSPS) is 11.1. The number of methoxy groups -OCH3 is 1. The van der Waals surface area contributed by atoms with Gasteiger partial charge in [0, 0.05) is 40.2 Å². The first-order valence-corrected chi connectivity index (χ1v) is 11.2. The Morgan fingerprint density at radius 3 is 2.57 bits per heavy atom. The molecule has 4 rings (SSSR count). The fourth-order valence-electron chi connectivity index (χ4n) is 3.56. The number of pyridine rings is 1. The van der Waals surface area contributed by atoms with Crippen LogP contribution in [0.25, 0.3) is 22.0 Å². The second-order valence-corrected chi connectivity index (χ2v) is 8.86. The van der Waals surface area contributed by atoms with Crippen LogP contribution >= 0.6 is 34.5 Å². The summed E-state index contributed by atoms with van der Waals surface area (Å²) in [6.07, 6.45) is 4.62. The minimum atomic E-state index is 0.596. The van der Waals surface area contributed by atoms with Gasteiger partial charge in [-0.25, -0.2) is 4.98 Å². The first-order chi connectivity index (χ1) is 14.5. The van der Waals surface area contributed by atoms with Crippen molar-refractivity contribution in [3.8, 4) is 17.0 Å². The van der Waals surface area contributed by atoms with Gasteiger partial charge in [-0.05, 0) is 43.7 Å². The average molecular weight is 458 g/mol. The lowest BCUT2D eigenvalue weighted by molar-refractivity contribution is 0.416. The molecule has 30 heavy (non-hydrogen) atoms. The van der Waals surface area contributed by atoms with Crippen molar-refractivity contribution in [2.24, 2.45) is 0 Å². The van der Waals surface area contributed by atoms with Crippen molar-refractivity contribution in [2.45, 2.75) is 20.3 Å². The second-order valence-electron chi connectivity index (χ2n) is 6.86. The Hall–Kier alpha value is -2.34. The molecule has 0 aliphatic rings. The van der Waals surface area contributed by atoms with Gasteiger partial charge in [0.15, 0.2) is 5.13 Å². The molecule has 2 aromatic carbocycles. The summed E-state index contributed by atoms with van der Waals surface area (Å²) in [4.78, 5) is 12.5. The lowest BCUT2D eigenvalue weighted by Gasteiger charge is -2.25. The van der Waals surface area contributed by atoms with Gasteiger partial charge in [0.05, 0.1) is 28.5 Å². The van der Waals surface area contributed by atoms with Crippen molar-refractivity contribution in [3.63, 3.8) is 0 Å². The van der Waals surface area contributed by atoms with Crippen molar-refractivity contribution in [3.05, 3.63) is 63.7 Å². The highest BCUT2D eigenvalue weighted by atomic mass is 35.5. The molecule has 4 aromatic rings. The highest BCUT2D eigenvalue weighted by Crippen LogP contribution is 2.45. The summed E-state index contributed by atoms with van der Waals surface area (Å²) < 4.78 is 5.73. The molecule has 0 bridgehead atoms. The molecule has 0 unspecified atom stereocenters. The molecular weight excluding hydrogens is 437 g/mol. The van der Waals surface area contributed by atoms with Crippen LogP contribution < -0.4 is 9.64 Å². The Labute approximate surface area is 190 Å². The molecule has 2 heterocycles. The van der Waals surface area contributed by atoms with E-state index < -0.39 is 0 Å². The van der Waals surface area contributed by atoms with Gasteiger partial charge in [0.1, 0.15) is 5.75 Å². The minimum absolute atomic E-state index is 0.596. The molecule has 0 aliphatic carbocycles. The first kappa shape index (κ1) is 20.9. The third-order valence-corrected chi connectivity index (χ3v) is 6.53. The summed E-state index contributed by atoms with van der Waals surface area (Å²) in [6.45, 7) is 4.99. The Balaban J connectivity index is 1.92. The van der Waals surface area contributed by atoms with Gasteiger partial charge in [-0.1, -0.05) is 36.2 Å². The van der Waals surface area contributed by atoms with Crippen LogP contribution in [0.4, 0.5) is 10.8 Å². The summed E-state index contributed by atoms with van der Waals surface area (Å²) in [7, 11) is 1.69. The van der Waals surface area contributed by atoms with Gasteiger partial charge in [-0.2, -0.15) is 0 Å². The van der Waals surface area contributed by atoms with Crippen LogP contribution in [0.1, 0.15) is 18.2 Å². The number of thiazole rings is 1. The van der Waals surface area contributed by atoms with Gasteiger partial charge in [-0.3, -0.25) is 4.98 Å². The van der Waals surface area contributed by atoms with E-state index in [1.165, 1.54) is 0 Å². The number of hydrogen-bond donors (Lipinski definition) is 0. The summed E-state index contributed by atoms with van der Waals surface area (Å²) in [6, 6.07) is 11.5. The molecule has 0 spiro atoms. The van der Waals surface area contributed by atoms with Crippen LogP contribution in [-0.2, 0) is 0 Å². The fraction of sp³-hybridized carbons (Fsp3) is 0.217. The molecule has 0 radical (unpaired) electrons. The number of aryl methyl sites for hydroxylation is 1. The van der Waals surface area contributed by atoms with Crippen molar-refractivity contribution in [1.82, 2.24) is 9.97 Å². The molecule has 4 nitrogen and oxygen atoms in total. The van der Waals surface area contributed by atoms with Gasteiger partial charge in [0.2, 0.25) is 0 Å². The van der Waals surface area contributed by atoms with E-state index in [1.807, 2.05) is 49.5 Å². The molecule has 0 N–H and O–H groups in total. The van der Waals surface area contributed by atoms with Crippen LogP contribution in [0, 0.1) is 6.92 Å². The van der Waals surface area contributed by atoms with Crippen LogP contribution in [0.5, 0.6) is 5.75 Å². The number of nitrogens with zero attached hydrogens (tertiary/aromatic N) is 3. The smallest absolute Gasteiger partial charge is 0.190 e. The molecule has 154 valence electrons. The van der Waals surface area contributed by atoms with E-state index in [0.717, 1.165) is 56.4 Å². The highest BCUT2D eigenvalue weighted by molar-refractivity contribution is 7.16. The zero-order chi connectivity index (χ0) is 21.3. The fourth-order valence-corrected chi connectivity index (χ4v) is 5.08. The number of hydrogen-bond acceptors (Lipinski definition) is 5. The predicted octanol–water partition coefficient (Wildman–Crippen LogP) is 7.53. The zero-order valence-electron chi connectivity index (χ0n) is 16.9. The quantitative estimate of drug-likeness (QED) is 0.299. The maximum Gasteiger partial charge on any atom is 0.190 e. The van der Waals surface area contributed by atoms with Crippen molar-refractivity contribution < 1.29 is 4.74 Å². The van der Waals surface area contributed by atoms with E-state index in [-0.39, 0.29) is 0 Å². The molecular formula is C23H21Cl2N3OS. The van der Waals surface area contributed by atoms with E-state index in [9.17, 15) is 0 Å². The molecule has 2 aromatic heterocycles. The van der Waals surface area contributed by atoms with Crippen LogP contribution in [-0.4, -0.2) is 23.6 Å². The molecule has 0 atom stereocenters. The van der Waals surface area contributed by atoms with E-state index in [0.29, 0.717) is 10.0 Å². The third-order valence-electron chi connectivity index (χ3n) is 4.91. The third kappa shape index (κ3) is 3.73. The first-order valence-electron chi connectivity index (χ1n) is 9.65. The Morgan fingerprint density at radius 2 is 1.87 bits per heavy atom. The standard InChI is InChI=1S/C23H21Cl2N3OS/c1-4-12-28(22-16-10-11-26-13-15(16)8-9-19(22)29-3)23-27-21(14(2)30-23)20-17(24)6-5-7-18(20)25/h5-11,13H,4,12H2,1-3H3. The van der Waals surface area contributed by atoms with Crippen molar-refractivity contribution in [1.29, 1.82) is 0 Å². The molecule has 0 fully saturated rings. The van der Waals surface area contributed by atoms with Crippen molar-refractivity contribution >= 4 is 56.1 Å². The number of rotatable bonds is 6. The van der Waals surface area contributed by atoms with Gasteiger partial charge in [-0.15, -0.1) is 11.3 Å². The number of ether oxygens (including phenoxy) is 1. The van der Waals surface area contributed by atoms with E-state index in [4.69, 9.17) is 32.9 Å². The number of benzene rings is 2. The summed E-state index contributed by atoms with van der Waals surface area (Å²) >= 11 is 14.6. The number of aromatic nitrogens is 2. The van der Waals surface area contributed by atoms with E-state index >= 15 is 0 Å². The highest BCUT2D eigenvalue weighted by Gasteiger charge is 2.23. The lowest BCUT2D eigenvalue weighted by atomic mass is 10.1. The average Bonchev–Trinajstić information content (AvgIpc) is 3.12. The molecule has 7 heteroatoms. The van der Waals surface area contributed by atoms with E-state index in [1.54, 1.807) is 24.6 Å². The minimum Gasteiger partial charge on any atom is -0.495 e. The number of anilines is 2. The monoisotopic (exact) mass is 457 g/mol. The summed E-state index contributed by atoms with van der Waals surface area (Å²) in [5.41, 5.74) is 2.57. The zero-order valence-corrected chi connectivity index (χ0v) is 19.3. The molecule has 0 aliphatic heterocycles. The number of halogens is 2. The Kier molecular flexibility index (Phi) is 6.14. The van der Waals surface area contributed by atoms with Crippen LogP contribution in [0.15, 0.2) is 48.8 Å². The second kappa shape index (κ2) is 8.80. The SMILES string of the molecule is CCCN(c1nc(-c2c(Cl)cccc2Cl)c(C)s1)c1c(OC)ccc2cnccc12. The lowest BCUT2D eigenvalue weighted by Crippen LogP contribution is -2.19. The van der Waals surface area contributed by atoms with E-state index in [2.05, 4.69) is 16.8 Å². The Morgan fingerprint density at radius 1 is 1.10 bits per heavy atom. The van der Waals surface area contributed by atoms with Crippen LogP contribution in [0.3, 0.4) is 0 Å². The van der Waals surface area contributed by atoms with Gasteiger partial charge >= 0.3 is 0 Å². The predicted molar refractivity (Wildman–Crippen MR) is 128 cm³/mol. The molecule has 0 saturated heterocycles. The Bertz CT molecular complexity index is 1190. The van der Waals surface area contributed by atoms with Crippen molar-refractivity contribution in [2.75, 3.05) is 18.6 Å².